The number of carbonyl (C=O) groups excluding carboxylic acids is 1. The number of nitrogens with zero attached hydrogens (tertiary/aromatic N) is 2. The van der Waals surface area contributed by atoms with E-state index < -0.39 is 10.0 Å². The average molecular weight is 448 g/mol. The van der Waals surface area contributed by atoms with E-state index >= 15 is 0 Å². The minimum Gasteiger partial charge on any atom is -0.350 e. The molecule has 2 saturated heterocycles. The van der Waals surface area contributed by atoms with Gasteiger partial charge in [-0.15, -0.1) is 11.3 Å². The standard InChI is InChI=1S/C22H29N3O3S2/c26-22(21-20(11-15-29-21)30(27,28)25-13-6-7-14-25)23-16-19-10-4-5-12-24(19)17-18-8-2-1-3-9-18/h1-3,8-9,11,15,19H,4-7,10,12-14,16-17H2,(H,23,26). The van der Waals surface area contributed by atoms with Crippen molar-refractivity contribution in [3.63, 3.8) is 0 Å². The van der Waals surface area contributed by atoms with Crippen molar-refractivity contribution < 1.29 is 13.2 Å². The van der Waals surface area contributed by atoms with Gasteiger partial charge in [-0.3, -0.25) is 9.69 Å². The second-order valence-corrected chi connectivity index (χ2v) is 10.9. The van der Waals surface area contributed by atoms with Crippen molar-refractivity contribution in [2.75, 3.05) is 26.2 Å². The number of carbonyl (C=O) groups is 1. The molecule has 3 heterocycles. The van der Waals surface area contributed by atoms with Crippen LogP contribution in [-0.2, 0) is 16.6 Å². The van der Waals surface area contributed by atoms with Gasteiger partial charge in [-0.05, 0) is 49.2 Å². The van der Waals surface area contributed by atoms with E-state index in [2.05, 4.69) is 34.5 Å². The molecule has 2 fully saturated rings. The molecular weight excluding hydrogens is 418 g/mol. The lowest BCUT2D eigenvalue weighted by atomic mass is 10.0. The zero-order valence-corrected chi connectivity index (χ0v) is 18.8. The van der Waals surface area contributed by atoms with Crippen LogP contribution in [0.1, 0.15) is 47.3 Å². The molecule has 1 aromatic carbocycles. The van der Waals surface area contributed by atoms with E-state index in [1.54, 1.807) is 11.4 Å². The van der Waals surface area contributed by atoms with Gasteiger partial charge in [0.05, 0.1) is 0 Å². The second kappa shape index (κ2) is 9.60. The molecule has 8 heteroatoms. The minimum absolute atomic E-state index is 0.150. The number of likely N-dealkylation sites (tertiary alicyclic amines) is 1. The van der Waals surface area contributed by atoms with E-state index in [4.69, 9.17) is 0 Å². The third kappa shape index (κ3) is 4.77. The average Bonchev–Trinajstić information content (AvgIpc) is 3.46. The number of benzene rings is 1. The van der Waals surface area contributed by atoms with Gasteiger partial charge in [0.25, 0.3) is 5.91 Å². The summed E-state index contributed by atoms with van der Waals surface area (Å²) in [6.07, 6.45) is 5.12. The molecule has 0 radical (unpaired) electrons. The zero-order chi connectivity index (χ0) is 21.0. The number of hydrogen-bond acceptors (Lipinski definition) is 5. The Kier molecular flexibility index (Phi) is 6.87. The zero-order valence-electron chi connectivity index (χ0n) is 17.1. The van der Waals surface area contributed by atoms with Gasteiger partial charge in [0, 0.05) is 32.2 Å². The molecule has 2 aromatic rings. The SMILES string of the molecule is O=C(NCC1CCCCN1Cc1ccccc1)c1sccc1S(=O)(=O)N1CCCC1. The van der Waals surface area contributed by atoms with Crippen LogP contribution < -0.4 is 5.32 Å². The highest BCUT2D eigenvalue weighted by atomic mass is 32.2. The predicted molar refractivity (Wildman–Crippen MR) is 119 cm³/mol. The number of nitrogens with one attached hydrogen (secondary N) is 1. The van der Waals surface area contributed by atoms with Gasteiger partial charge in [0.15, 0.2) is 0 Å². The molecule has 0 aliphatic carbocycles. The number of amides is 1. The summed E-state index contributed by atoms with van der Waals surface area (Å²) in [5.41, 5.74) is 1.27. The first-order valence-corrected chi connectivity index (χ1v) is 13.0. The van der Waals surface area contributed by atoms with Crippen molar-refractivity contribution in [2.24, 2.45) is 0 Å². The molecule has 2 aliphatic heterocycles. The summed E-state index contributed by atoms with van der Waals surface area (Å²) >= 11 is 1.20. The molecule has 0 bridgehead atoms. The molecule has 4 rings (SSSR count). The molecule has 2 aliphatic rings. The largest absolute Gasteiger partial charge is 0.350 e. The van der Waals surface area contributed by atoms with Crippen molar-refractivity contribution in [3.8, 4) is 0 Å². The predicted octanol–water partition coefficient (Wildman–Crippen LogP) is 3.32. The topological polar surface area (TPSA) is 69.7 Å². The van der Waals surface area contributed by atoms with Gasteiger partial charge in [0.1, 0.15) is 9.77 Å². The van der Waals surface area contributed by atoms with Crippen LogP contribution in [0.3, 0.4) is 0 Å². The van der Waals surface area contributed by atoms with E-state index in [0.717, 1.165) is 38.8 Å². The molecule has 6 nitrogen and oxygen atoms in total. The Morgan fingerprint density at radius 3 is 2.53 bits per heavy atom. The highest BCUT2D eigenvalue weighted by Gasteiger charge is 2.32. The summed E-state index contributed by atoms with van der Waals surface area (Å²) in [6.45, 7) is 3.50. The Balaban J connectivity index is 1.41. The van der Waals surface area contributed by atoms with E-state index in [0.29, 0.717) is 24.5 Å². The Labute approximate surface area is 182 Å². The first kappa shape index (κ1) is 21.5. The van der Waals surface area contributed by atoms with Crippen molar-refractivity contribution in [1.29, 1.82) is 0 Å². The van der Waals surface area contributed by atoms with Gasteiger partial charge in [-0.25, -0.2) is 8.42 Å². The molecule has 1 amide bonds. The summed E-state index contributed by atoms with van der Waals surface area (Å²) in [6, 6.07) is 12.2. The van der Waals surface area contributed by atoms with Crippen molar-refractivity contribution >= 4 is 27.3 Å². The normalized spacial score (nSPS) is 21.0. The molecule has 162 valence electrons. The fourth-order valence-electron chi connectivity index (χ4n) is 4.34. The first-order chi connectivity index (χ1) is 14.6. The summed E-state index contributed by atoms with van der Waals surface area (Å²) in [4.78, 5) is 15.8. The van der Waals surface area contributed by atoms with Crippen molar-refractivity contribution in [2.45, 2.75) is 49.6 Å². The third-order valence-corrected chi connectivity index (χ3v) is 8.98. The van der Waals surface area contributed by atoms with Crippen LogP contribution in [-0.4, -0.2) is 55.8 Å². The molecule has 1 N–H and O–H groups in total. The maximum atomic E-state index is 12.9. The van der Waals surface area contributed by atoms with Crippen molar-refractivity contribution in [3.05, 3.63) is 52.2 Å². The van der Waals surface area contributed by atoms with Crippen LogP contribution in [0.2, 0.25) is 0 Å². The maximum absolute atomic E-state index is 12.9. The van der Waals surface area contributed by atoms with E-state index in [9.17, 15) is 13.2 Å². The summed E-state index contributed by atoms with van der Waals surface area (Å²) in [7, 11) is -3.59. The first-order valence-electron chi connectivity index (χ1n) is 10.7. The van der Waals surface area contributed by atoms with Gasteiger partial charge < -0.3 is 5.32 Å². The lowest BCUT2D eigenvalue weighted by Gasteiger charge is -2.35. The second-order valence-electron chi connectivity index (χ2n) is 8.04. The molecule has 1 unspecified atom stereocenters. The van der Waals surface area contributed by atoms with Crippen LogP contribution in [0.4, 0.5) is 0 Å². The summed E-state index contributed by atoms with van der Waals surface area (Å²) in [5, 5.41) is 4.72. The lowest BCUT2D eigenvalue weighted by Crippen LogP contribution is -2.46. The minimum atomic E-state index is -3.59. The van der Waals surface area contributed by atoms with Crippen LogP contribution >= 0.6 is 11.3 Å². The van der Waals surface area contributed by atoms with Crippen molar-refractivity contribution in [1.82, 2.24) is 14.5 Å². The van der Waals surface area contributed by atoms with E-state index in [-0.39, 0.29) is 16.8 Å². The highest BCUT2D eigenvalue weighted by molar-refractivity contribution is 7.89. The van der Waals surface area contributed by atoms with Crippen LogP contribution in [0.25, 0.3) is 0 Å². The van der Waals surface area contributed by atoms with Gasteiger partial charge in [-0.2, -0.15) is 4.31 Å². The van der Waals surface area contributed by atoms with E-state index in [1.165, 1.54) is 27.6 Å². The molecular formula is C22H29N3O3S2. The molecule has 1 aromatic heterocycles. The van der Waals surface area contributed by atoms with E-state index in [1.807, 2.05) is 6.07 Å². The quantitative estimate of drug-likeness (QED) is 0.707. The van der Waals surface area contributed by atoms with Crippen LogP contribution in [0.5, 0.6) is 0 Å². The smallest absolute Gasteiger partial charge is 0.262 e. The Morgan fingerprint density at radius 1 is 1.03 bits per heavy atom. The Hall–Kier alpha value is -1.74. The fourth-order valence-corrected chi connectivity index (χ4v) is 7.18. The summed E-state index contributed by atoms with van der Waals surface area (Å²) < 4.78 is 27.3. The lowest BCUT2D eigenvalue weighted by molar-refractivity contribution is 0.0908. The molecule has 30 heavy (non-hydrogen) atoms. The van der Waals surface area contributed by atoms with Gasteiger partial charge in [-0.1, -0.05) is 36.8 Å². The third-order valence-electron chi connectivity index (χ3n) is 5.99. The molecule has 1 atom stereocenters. The Morgan fingerprint density at radius 2 is 1.77 bits per heavy atom. The van der Waals surface area contributed by atoms with Gasteiger partial charge in [0.2, 0.25) is 10.0 Å². The van der Waals surface area contributed by atoms with Gasteiger partial charge >= 0.3 is 0 Å². The maximum Gasteiger partial charge on any atom is 0.262 e. The number of hydrogen-bond donors (Lipinski definition) is 1. The molecule has 0 saturated carbocycles. The number of sulfonamides is 1. The number of piperidine rings is 1. The molecule has 0 spiro atoms. The Bertz CT molecular complexity index is 953. The van der Waals surface area contributed by atoms with Crippen LogP contribution in [0.15, 0.2) is 46.7 Å². The highest BCUT2D eigenvalue weighted by Crippen LogP contribution is 2.28. The number of thiophene rings is 1. The van der Waals surface area contributed by atoms with Crippen LogP contribution in [0, 0.1) is 0 Å². The monoisotopic (exact) mass is 447 g/mol. The number of rotatable bonds is 7. The fraction of sp³-hybridized carbons (Fsp3) is 0.500. The summed E-state index contributed by atoms with van der Waals surface area (Å²) in [5.74, 6) is -0.284.